The Hall–Kier alpha value is -1.79. The first-order valence-electron chi connectivity index (χ1n) is 8.46. The minimum Gasteiger partial charge on any atom is -0.497 e. The molecule has 1 N–H and O–H groups in total. The zero-order valence-corrected chi connectivity index (χ0v) is 14.8. The predicted molar refractivity (Wildman–Crippen MR) is 92.6 cm³/mol. The van der Waals surface area contributed by atoms with Gasteiger partial charge in [-0.25, -0.2) is 0 Å². The molecule has 2 rings (SSSR count). The molecule has 6 nitrogen and oxygen atoms in total. The Labute approximate surface area is 144 Å². The summed E-state index contributed by atoms with van der Waals surface area (Å²) in [4.78, 5) is 16.6. The van der Waals surface area contributed by atoms with E-state index in [0.717, 1.165) is 25.1 Å². The molecule has 24 heavy (non-hydrogen) atoms. The summed E-state index contributed by atoms with van der Waals surface area (Å²) >= 11 is 0. The average Bonchev–Trinajstić information content (AvgIpc) is 2.62. The van der Waals surface area contributed by atoms with Gasteiger partial charge in [0.05, 0.1) is 26.7 Å². The fraction of sp³-hybridized carbons (Fsp3) is 0.611. The number of amides is 1. The number of hydrogen-bond acceptors (Lipinski definition) is 5. The number of hydrogen-bond donors (Lipinski definition) is 1. The molecular weight excluding hydrogens is 308 g/mol. The number of β-amino-alcohol motifs (C(OH)–C–C–N with tert-alkyl or cyclic N) is 1. The monoisotopic (exact) mass is 336 g/mol. The highest BCUT2D eigenvalue weighted by molar-refractivity contribution is 5.79. The van der Waals surface area contributed by atoms with Gasteiger partial charge in [-0.3, -0.25) is 9.69 Å². The van der Waals surface area contributed by atoms with Gasteiger partial charge in [-0.1, -0.05) is 13.0 Å². The standard InChI is InChI=1S/C18H28N2O4/c1-4-15(21)13-19-7-9-20(10-8-19)18(22)11-14-5-6-16(23-2)12-17(14)24-3/h5-6,12,15,21H,4,7-11,13H2,1-3H3/t15-/m0/s1. The van der Waals surface area contributed by atoms with Crippen LogP contribution in [0.3, 0.4) is 0 Å². The van der Waals surface area contributed by atoms with E-state index in [4.69, 9.17) is 9.47 Å². The van der Waals surface area contributed by atoms with Crippen molar-refractivity contribution in [2.24, 2.45) is 0 Å². The van der Waals surface area contributed by atoms with Crippen LogP contribution in [0.5, 0.6) is 11.5 Å². The van der Waals surface area contributed by atoms with Gasteiger partial charge in [0.25, 0.3) is 0 Å². The Morgan fingerprint density at radius 2 is 1.92 bits per heavy atom. The van der Waals surface area contributed by atoms with Gasteiger partial charge in [0, 0.05) is 44.4 Å². The molecule has 1 aromatic carbocycles. The Morgan fingerprint density at radius 1 is 1.21 bits per heavy atom. The van der Waals surface area contributed by atoms with Gasteiger partial charge in [0.1, 0.15) is 11.5 Å². The molecule has 1 fully saturated rings. The number of benzene rings is 1. The van der Waals surface area contributed by atoms with E-state index in [1.54, 1.807) is 20.3 Å². The molecule has 0 aromatic heterocycles. The molecule has 0 spiro atoms. The third-order valence-corrected chi connectivity index (χ3v) is 4.50. The molecule has 0 aliphatic carbocycles. The van der Waals surface area contributed by atoms with Crippen LogP contribution < -0.4 is 9.47 Å². The van der Waals surface area contributed by atoms with E-state index in [0.29, 0.717) is 37.6 Å². The molecule has 134 valence electrons. The van der Waals surface area contributed by atoms with Gasteiger partial charge in [-0.05, 0) is 12.5 Å². The van der Waals surface area contributed by atoms with Crippen molar-refractivity contribution in [2.45, 2.75) is 25.9 Å². The fourth-order valence-electron chi connectivity index (χ4n) is 2.88. The van der Waals surface area contributed by atoms with Gasteiger partial charge in [0.2, 0.25) is 5.91 Å². The van der Waals surface area contributed by atoms with Crippen molar-refractivity contribution in [3.8, 4) is 11.5 Å². The zero-order valence-electron chi connectivity index (χ0n) is 14.8. The number of ether oxygens (including phenoxy) is 2. The van der Waals surface area contributed by atoms with Crippen molar-refractivity contribution in [3.05, 3.63) is 23.8 Å². The quantitative estimate of drug-likeness (QED) is 0.810. The maximum atomic E-state index is 12.5. The number of methoxy groups -OCH3 is 2. The maximum Gasteiger partial charge on any atom is 0.227 e. The van der Waals surface area contributed by atoms with Crippen LogP contribution in [-0.2, 0) is 11.2 Å². The number of carbonyl (C=O) groups excluding carboxylic acids is 1. The third kappa shape index (κ3) is 4.85. The lowest BCUT2D eigenvalue weighted by Crippen LogP contribution is -2.50. The first-order valence-corrected chi connectivity index (χ1v) is 8.46. The molecule has 0 bridgehead atoms. The number of aliphatic hydroxyl groups is 1. The number of carbonyl (C=O) groups is 1. The van der Waals surface area contributed by atoms with Crippen LogP contribution in [0.4, 0.5) is 0 Å². The van der Waals surface area contributed by atoms with Crippen molar-refractivity contribution in [1.82, 2.24) is 9.80 Å². The fourth-order valence-corrected chi connectivity index (χ4v) is 2.88. The second kappa shape index (κ2) is 8.89. The zero-order chi connectivity index (χ0) is 17.5. The Kier molecular flexibility index (Phi) is 6.87. The summed E-state index contributed by atoms with van der Waals surface area (Å²) in [6.07, 6.45) is 0.803. The predicted octanol–water partition coefficient (Wildman–Crippen LogP) is 1.16. The summed E-state index contributed by atoms with van der Waals surface area (Å²) in [5.74, 6) is 1.49. The normalized spacial score (nSPS) is 16.8. The largest absolute Gasteiger partial charge is 0.497 e. The SMILES string of the molecule is CC[C@H](O)CN1CCN(C(=O)Cc2ccc(OC)cc2OC)CC1. The highest BCUT2D eigenvalue weighted by Crippen LogP contribution is 2.25. The minimum atomic E-state index is -0.282. The van der Waals surface area contributed by atoms with Crippen LogP contribution in [0.15, 0.2) is 18.2 Å². The van der Waals surface area contributed by atoms with Crippen LogP contribution in [0.25, 0.3) is 0 Å². The molecule has 0 radical (unpaired) electrons. The summed E-state index contributed by atoms with van der Waals surface area (Å²) in [5, 5.41) is 9.73. The first kappa shape index (κ1) is 18.5. The second-order valence-electron chi connectivity index (χ2n) is 6.10. The number of nitrogens with zero attached hydrogens (tertiary/aromatic N) is 2. The van der Waals surface area contributed by atoms with Crippen molar-refractivity contribution in [3.63, 3.8) is 0 Å². The first-order chi connectivity index (χ1) is 11.6. The van der Waals surface area contributed by atoms with Gasteiger partial charge < -0.3 is 19.5 Å². The van der Waals surface area contributed by atoms with Crippen molar-refractivity contribution >= 4 is 5.91 Å². The van der Waals surface area contributed by atoms with Crippen LogP contribution in [0.2, 0.25) is 0 Å². The van der Waals surface area contributed by atoms with Crippen LogP contribution in [-0.4, -0.2) is 73.9 Å². The van der Waals surface area contributed by atoms with Gasteiger partial charge >= 0.3 is 0 Å². The average molecular weight is 336 g/mol. The lowest BCUT2D eigenvalue weighted by molar-refractivity contribution is -0.132. The number of aliphatic hydroxyl groups excluding tert-OH is 1. The Morgan fingerprint density at radius 3 is 2.50 bits per heavy atom. The van der Waals surface area contributed by atoms with Crippen molar-refractivity contribution < 1.29 is 19.4 Å². The summed E-state index contributed by atoms with van der Waals surface area (Å²) in [7, 11) is 3.20. The van der Waals surface area contributed by atoms with E-state index in [2.05, 4.69) is 4.90 Å². The number of piperazine rings is 1. The molecule has 0 unspecified atom stereocenters. The van der Waals surface area contributed by atoms with Crippen LogP contribution in [0, 0.1) is 0 Å². The molecule has 1 heterocycles. The molecule has 1 aliphatic rings. The molecule has 1 aromatic rings. The summed E-state index contributed by atoms with van der Waals surface area (Å²) in [6, 6.07) is 5.52. The highest BCUT2D eigenvalue weighted by Gasteiger charge is 2.23. The van der Waals surface area contributed by atoms with E-state index in [1.165, 1.54) is 0 Å². The van der Waals surface area contributed by atoms with Gasteiger partial charge in [0.15, 0.2) is 0 Å². The molecule has 1 saturated heterocycles. The van der Waals surface area contributed by atoms with Crippen LogP contribution in [0.1, 0.15) is 18.9 Å². The van der Waals surface area contributed by atoms with Gasteiger partial charge in [-0.15, -0.1) is 0 Å². The molecule has 1 atom stereocenters. The molecule has 0 saturated carbocycles. The van der Waals surface area contributed by atoms with E-state index < -0.39 is 0 Å². The van der Waals surface area contributed by atoms with E-state index in [9.17, 15) is 9.90 Å². The summed E-state index contributed by atoms with van der Waals surface area (Å²) in [5.41, 5.74) is 0.868. The summed E-state index contributed by atoms with van der Waals surface area (Å²) in [6.45, 7) is 5.68. The minimum absolute atomic E-state index is 0.106. The van der Waals surface area contributed by atoms with E-state index >= 15 is 0 Å². The lowest BCUT2D eigenvalue weighted by atomic mass is 10.1. The second-order valence-corrected chi connectivity index (χ2v) is 6.10. The lowest BCUT2D eigenvalue weighted by Gasteiger charge is -2.35. The molecule has 1 aliphatic heterocycles. The van der Waals surface area contributed by atoms with Crippen molar-refractivity contribution in [1.29, 1.82) is 0 Å². The molecule has 6 heteroatoms. The Balaban J connectivity index is 1.90. The smallest absolute Gasteiger partial charge is 0.227 e. The van der Waals surface area contributed by atoms with Crippen LogP contribution >= 0.6 is 0 Å². The molecule has 1 amide bonds. The Bertz CT molecular complexity index is 542. The van der Waals surface area contributed by atoms with Gasteiger partial charge in [-0.2, -0.15) is 0 Å². The topological polar surface area (TPSA) is 62.2 Å². The maximum absolute atomic E-state index is 12.5. The van der Waals surface area contributed by atoms with E-state index in [-0.39, 0.29) is 12.0 Å². The van der Waals surface area contributed by atoms with E-state index in [1.807, 2.05) is 24.0 Å². The third-order valence-electron chi connectivity index (χ3n) is 4.50. The summed E-state index contributed by atoms with van der Waals surface area (Å²) < 4.78 is 10.5. The highest BCUT2D eigenvalue weighted by atomic mass is 16.5. The number of rotatable bonds is 7. The van der Waals surface area contributed by atoms with Crippen molar-refractivity contribution in [2.75, 3.05) is 46.9 Å². The molecular formula is C18H28N2O4.